The van der Waals surface area contributed by atoms with Crippen LogP contribution in [0.25, 0.3) is 0 Å². The van der Waals surface area contributed by atoms with E-state index in [9.17, 15) is 0 Å². The van der Waals surface area contributed by atoms with Crippen LogP contribution in [0.4, 0.5) is 0 Å². The van der Waals surface area contributed by atoms with Gasteiger partial charge in [0.2, 0.25) is 0 Å². The van der Waals surface area contributed by atoms with E-state index in [1.165, 1.54) is 95.6 Å². The monoisotopic (exact) mass is 385 g/mol. The Hall–Kier alpha value is 1.33. The summed E-state index contributed by atoms with van der Waals surface area (Å²) in [6.07, 6.45) is 12.2. The van der Waals surface area contributed by atoms with Gasteiger partial charge in [0.1, 0.15) is 8.96 Å². The van der Waals surface area contributed by atoms with Crippen molar-refractivity contribution in [1.29, 1.82) is 0 Å². The standard InChI is InChI=1S/C11H24N.C10H24NSi.CH3.2Li/c1-4-7-10-12(9-6-3)11-8-5-2;1-5-7-9-11(12(3)4)10-8-6-2;;;/h3-11H2,1-2H3;5-10H2,1-4H3;1H3;;. The molecule has 0 N–H and O–H groups in total. The van der Waals surface area contributed by atoms with Gasteiger partial charge in [-0.05, 0) is 25.9 Å². The van der Waals surface area contributed by atoms with Crippen LogP contribution in [0.5, 0.6) is 0 Å². The van der Waals surface area contributed by atoms with Crippen LogP contribution in [0, 0.1) is 0 Å². The zero-order valence-electron chi connectivity index (χ0n) is 21.0. The average molecular weight is 386 g/mol. The summed E-state index contributed by atoms with van der Waals surface area (Å²) in [7, 11) is -0.185. The van der Waals surface area contributed by atoms with E-state index < -0.39 is 0 Å². The predicted octanol–water partition coefficient (Wildman–Crippen LogP) is 6.21. The van der Waals surface area contributed by atoms with Gasteiger partial charge in [-0.15, -0.1) is 0 Å². The normalized spacial score (nSPS) is 10.7. The Labute approximate surface area is 195 Å². The van der Waals surface area contributed by atoms with Crippen LogP contribution >= 0.6 is 0 Å². The van der Waals surface area contributed by atoms with Gasteiger partial charge in [0.05, 0.1) is 0 Å². The minimum absolute atomic E-state index is 0.185. The van der Waals surface area contributed by atoms with E-state index in [1.54, 1.807) is 0 Å². The Morgan fingerprint density at radius 3 is 1.22 bits per heavy atom. The molecule has 27 heavy (non-hydrogen) atoms. The van der Waals surface area contributed by atoms with Crippen LogP contribution in [0.3, 0.4) is 0 Å². The van der Waals surface area contributed by atoms with Crippen LogP contribution in [0.2, 0.25) is 23.8 Å². The Balaban J connectivity index is -0.000000391. The van der Waals surface area contributed by atoms with Gasteiger partial charge in [-0.1, -0.05) is 39.8 Å². The molecule has 0 saturated carbocycles. The van der Waals surface area contributed by atoms with Crippen LogP contribution in [-0.2, 0) is 0 Å². The number of hydrogen-bond acceptors (Lipinski definition) is 2. The average Bonchev–Trinajstić information content (AvgIpc) is 2.69. The van der Waals surface area contributed by atoms with Crippen molar-refractivity contribution < 1.29 is 0 Å². The van der Waals surface area contributed by atoms with E-state index in [1.807, 2.05) is 23.3 Å². The summed E-state index contributed by atoms with van der Waals surface area (Å²) in [6, 6.07) is 0. The van der Waals surface area contributed by atoms with Gasteiger partial charge in [0, 0.05) is 0 Å². The second kappa shape index (κ2) is 29.5. The maximum atomic E-state index is 2.69. The maximum absolute atomic E-state index is 2.69. The first kappa shape index (κ1) is 33.0. The number of rotatable bonds is 16. The minimum atomic E-state index is -0.185. The Kier molecular flexibility index (Phi) is 36.1. The number of nitrogens with zero attached hydrogens (tertiary/aromatic N) is 2. The van der Waals surface area contributed by atoms with E-state index in [4.69, 9.17) is 0 Å². The Morgan fingerprint density at radius 1 is 0.593 bits per heavy atom. The first-order valence-corrected chi connectivity index (χ1v) is 14.8. The van der Waals surface area contributed by atoms with Gasteiger partial charge < -0.3 is 4.57 Å². The predicted molar refractivity (Wildman–Crippen MR) is 132 cm³/mol. The summed E-state index contributed by atoms with van der Waals surface area (Å²) in [4.78, 5) is 2.64. The van der Waals surface area contributed by atoms with Crippen molar-refractivity contribution >= 4 is 44.4 Å². The summed E-state index contributed by atoms with van der Waals surface area (Å²) in [5.41, 5.74) is 2.00. The fourth-order valence-electron chi connectivity index (χ4n) is 2.74. The van der Waals surface area contributed by atoms with Gasteiger partial charge in [0.25, 0.3) is 0 Å². The van der Waals surface area contributed by atoms with Crippen molar-refractivity contribution in [3.63, 3.8) is 0 Å². The van der Waals surface area contributed by atoms with E-state index in [0.717, 1.165) is 0 Å². The molecule has 0 fully saturated rings. The molecule has 0 aromatic carbocycles. The van der Waals surface area contributed by atoms with Crippen molar-refractivity contribution in [2.24, 2.45) is 0 Å². The number of unbranched alkanes of at least 4 members (excludes halogenated alkanes) is 4. The fraction of sp³-hybridized carbons (Fsp3) is 1.00. The van der Waals surface area contributed by atoms with Crippen molar-refractivity contribution in [1.82, 2.24) is 9.47 Å². The van der Waals surface area contributed by atoms with Gasteiger partial charge in [-0.3, -0.25) is 0 Å². The molecule has 0 atom stereocenters. The van der Waals surface area contributed by atoms with Gasteiger partial charge >= 0.3 is 117 Å². The summed E-state index contributed by atoms with van der Waals surface area (Å²) in [6.45, 7) is 20.5. The van der Waals surface area contributed by atoms with E-state index in [-0.39, 0.29) is 8.96 Å². The topological polar surface area (TPSA) is 6.48 Å². The molecule has 0 saturated heterocycles. The molecular weight excluding hydrogens is 334 g/mol. The van der Waals surface area contributed by atoms with Gasteiger partial charge in [-0.2, -0.15) is 0 Å². The third kappa shape index (κ3) is 27.3. The molecule has 5 heteroatoms. The first-order valence-electron chi connectivity index (χ1n) is 12.3. The summed E-state index contributed by atoms with van der Waals surface area (Å²) in [5, 5.41) is 1.33. The summed E-state index contributed by atoms with van der Waals surface area (Å²) < 4.78 is 2.69. The molecule has 0 aliphatic heterocycles. The van der Waals surface area contributed by atoms with E-state index in [2.05, 4.69) is 68.0 Å². The molecule has 0 rings (SSSR count). The number of hydrogen-bond donors (Lipinski definition) is 0. The molecule has 0 aliphatic carbocycles. The molecule has 0 amide bonds. The third-order valence-electron chi connectivity index (χ3n) is 4.68. The van der Waals surface area contributed by atoms with Gasteiger partial charge in [-0.25, -0.2) is 0 Å². The molecular formula is C22H51Li2N2Si. The molecule has 155 valence electrons. The fourth-order valence-corrected chi connectivity index (χ4v) is 3.95. The SMILES string of the molecule is CCCCN(CCCC)[Si](C)C.[Li][CH2]CCN(CCCC)CCCC.[Li][CH3]. The van der Waals surface area contributed by atoms with Crippen molar-refractivity contribution in [2.75, 3.05) is 32.7 Å². The molecule has 0 aromatic rings. The molecule has 2 nitrogen and oxygen atoms in total. The molecule has 0 spiro atoms. The van der Waals surface area contributed by atoms with Gasteiger partial charge in [0.15, 0.2) is 0 Å². The van der Waals surface area contributed by atoms with Crippen LogP contribution in [0.1, 0.15) is 85.5 Å². The Bertz CT molecular complexity index is 217. The first-order chi connectivity index (χ1) is 13.1. The molecule has 0 aliphatic rings. The third-order valence-corrected chi connectivity index (χ3v) is 6.39. The summed E-state index contributed by atoms with van der Waals surface area (Å²) >= 11 is 4.28. The van der Waals surface area contributed by atoms with Crippen molar-refractivity contribution in [3.05, 3.63) is 0 Å². The second-order valence-electron chi connectivity index (χ2n) is 7.54. The van der Waals surface area contributed by atoms with E-state index >= 15 is 0 Å². The molecule has 0 unspecified atom stereocenters. The van der Waals surface area contributed by atoms with Crippen LogP contribution in [-0.4, -0.2) is 86.6 Å². The molecule has 0 aromatic heterocycles. The summed E-state index contributed by atoms with van der Waals surface area (Å²) in [5.74, 6) is 0. The van der Waals surface area contributed by atoms with Crippen molar-refractivity contribution in [3.8, 4) is 0 Å². The Morgan fingerprint density at radius 2 is 0.926 bits per heavy atom. The molecule has 0 heterocycles. The van der Waals surface area contributed by atoms with Crippen LogP contribution in [0.15, 0.2) is 0 Å². The second-order valence-corrected chi connectivity index (χ2v) is 10.1. The zero-order valence-corrected chi connectivity index (χ0v) is 22.0. The molecule has 0 bridgehead atoms. The van der Waals surface area contributed by atoms with E-state index in [0.29, 0.717) is 0 Å². The van der Waals surface area contributed by atoms with Crippen LogP contribution < -0.4 is 0 Å². The molecule has 1 radical (unpaired) electrons. The zero-order chi connectivity index (χ0) is 21.3. The van der Waals surface area contributed by atoms with Crippen molar-refractivity contribution in [2.45, 2.75) is 109 Å². The quantitative estimate of drug-likeness (QED) is 0.291.